The van der Waals surface area contributed by atoms with Crippen LogP contribution in [0.15, 0.2) is 83.1 Å². The first-order valence-corrected chi connectivity index (χ1v) is 10.6. The van der Waals surface area contributed by atoms with E-state index in [0.29, 0.717) is 11.1 Å². The molecule has 0 N–H and O–H groups in total. The molecule has 2 aromatic carbocycles. The van der Waals surface area contributed by atoms with Gasteiger partial charge in [-0.25, -0.2) is 14.4 Å². The summed E-state index contributed by atoms with van der Waals surface area (Å²) >= 11 is 0. The van der Waals surface area contributed by atoms with Crippen LogP contribution in [0.1, 0.15) is 47.4 Å². The minimum Gasteiger partial charge on any atom is -0.462 e. The molecule has 0 aromatic heterocycles. The predicted molar refractivity (Wildman–Crippen MR) is 119 cm³/mol. The lowest BCUT2D eigenvalue weighted by Crippen LogP contribution is -2.18. The minimum absolute atomic E-state index is 0.0405. The van der Waals surface area contributed by atoms with Gasteiger partial charge in [-0.15, -0.1) is 0 Å². The van der Waals surface area contributed by atoms with Crippen molar-refractivity contribution in [1.29, 1.82) is 0 Å². The summed E-state index contributed by atoms with van der Waals surface area (Å²) in [5, 5.41) is 0. The molecule has 0 heterocycles. The molecule has 7 nitrogen and oxygen atoms in total. The largest absolute Gasteiger partial charge is 0.462 e. The zero-order valence-electron chi connectivity index (χ0n) is 18.5. The molecule has 3 rings (SSSR count). The first-order chi connectivity index (χ1) is 16.0. The standard InChI is InChI=1S/C26H24O7/c1-3-31-25(29)22-19(15-20(27)17-11-7-5-8-12-17)16-21(23(22)26(30)32-4-2)33-24(28)18-13-9-6-10-14-18/h5-14H,3-4,15-16H2,1-2H3. The van der Waals surface area contributed by atoms with Crippen LogP contribution in [0.2, 0.25) is 0 Å². The molecular weight excluding hydrogens is 424 g/mol. The van der Waals surface area contributed by atoms with Crippen molar-refractivity contribution in [1.82, 2.24) is 0 Å². The third-order valence-electron chi connectivity index (χ3n) is 4.91. The molecule has 170 valence electrons. The van der Waals surface area contributed by atoms with Crippen LogP contribution in [0.4, 0.5) is 0 Å². The Hall–Kier alpha value is -4.00. The van der Waals surface area contributed by atoms with E-state index >= 15 is 0 Å². The van der Waals surface area contributed by atoms with Crippen LogP contribution in [-0.2, 0) is 23.8 Å². The van der Waals surface area contributed by atoms with Gasteiger partial charge in [-0.1, -0.05) is 48.5 Å². The molecule has 7 heteroatoms. The van der Waals surface area contributed by atoms with Gasteiger partial charge in [0.15, 0.2) is 5.78 Å². The summed E-state index contributed by atoms with van der Waals surface area (Å²) in [5.74, 6) is -2.57. The van der Waals surface area contributed by atoms with Crippen LogP contribution in [0.3, 0.4) is 0 Å². The summed E-state index contributed by atoms with van der Waals surface area (Å²) < 4.78 is 15.8. The number of allylic oxidation sites excluding steroid dienone is 1. The molecule has 0 aliphatic heterocycles. The van der Waals surface area contributed by atoms with Crippen LogP contribution in [0, 0.1) is 0 Å². The fraction of sp³-hybridized carbons (Fsp3) is 0.231. The second-order valence-corrected chi connectivity index (χ2v) is 7.12. The van der Waals surface area contributed by atoms with Gasteiger partial charge in [-0.05, 0) is 31.6 Å². The number of esters is 3. The average Bonchev–Trinajstić information content (AvgIpc) is 3.18. The number of ether oxygens (including phenoxy) is 3. The highest BCUT2D eigenvalue weighted by atomic mass is 16.6. The lowest BCUT2D eigenvalue weighted by molar-refractivity contribution is -0.142. The molecule has 0 atom stereocenters. The third kappa shape index (κ3) is 5.63. The molecule has 0 bridgehead atoms. The Bertz CT molecular complexity index is 1020. The van der Waals surface area contributed by atoms with Crippen molar-refractivity contribution in [3.8, 4) is 0 Å². The van der Waals surface area contributed by atoms with Gasteiger partial charge in [-0.3, -0.25) is 4.79 Å². The molecule has 0 saturated heterocycles. The Labute approximate surface area is 191 Å². The Kier molecular flexibility index (Phi) is 7.91. The summed E-state index contributed by atoms with van der Waals surface area (Å²) in [6.07, 6.45) is -0.215. The third-order valence-corrected chi connectivity index (χ3v) is 4.91. The molecule has 0 saturated carbocycles. The van der Waals surface area contributed by atoms with Crippen molar-refractivity contribution in [2.45, 2.75) is 26.7 Å². The smallest absolute Gasteiger partial charge is 0.343 e. The SMILES string of the molecule is CCOC(=O)C1=C(CC(=O)c2ccccc2)CC(OC(=O)c2ccccc2)=C1C(=O)OCC. The fourth-order valence-corrected chi connectivity index (χ4v) is 3.46. The molecule has 33 heavy (non-hydrogen) atoms. The lowest BCUT2D eigenvalue weighted by Gasteiger charge is -2.11. The fourth-order valence-electron chi connectivity index (χ4n) is 3.46. The molecule has 0 fully saturated rings. The van der Waals surface area contributed by atoms with Crippen molar-refractivity contribution >= 4 is 23.7 Å². The van der Waals surface area contributed by atoms with E-state index in [4.69, 9.17) is 14.2 Å². The second-order valence-electron chi connectivity index (χ2n) is 7.12. The molecule has 2 aromatic rings. The summed E-state index contributed by atoms with van der Waals surface area (Å²) in [6.45, 7) is 3.37. The number of carbonyl (C=O) groups is 4. The topological polar surface area (TPSA) is 96.0 Å². The van der Waals surface area contributed by atoms with Gasteiger partial charge in [0, 0.05) is 18.4 Å². The summed E-state index contributed by atoms with van der Waals surface area (Å²) in [4.78, 5) is 51.1. The van der Waals surface area contributed by atoms with Crippen LogP contribution in [0.5, 0.6) is 0 Å². The van der Waals surface area contributed by atoms with Crippen molar-refractivity contribution in [3.05, 3.63) is 94.3 Å². The molecule has 0 spiro atoms. The Morgan fingerprint density at radius 1 is 0.697 bits per heavy atom. The van der Waals surface area contributed by atoms with Gasteiger partial charge in [0.2, 0.25) is 0 Å². The average molecular weight is 448 g/mol. The van der Waals surface area contributed by atoms with E-state index in [1.165, 1.54) is 0 Å². The zero-order chi connectivity index (χ0) is 23.8. The van der Waals surface area contributed by atoms with Crippen molar-refractivity contribution in [2.75, 3.05) is 13.2 Å². The maximum absolute atomic E-state index is 12.9. The summed E-state index contributed by atoms with van der Waals surface area (Å²) in [6, 6.07) is 16.8. The van der Waals surface area contributed by atoms with Gasteiger partial charge in [0.1, 0.15) is 11.3 Å². The Morgan fingerprint density at radius 2 is 1.21 bits per heavy atom. The van der Waals surface area contributed by atoms with Gasteiger partial charge in [0.05, 0.1) is 24.4 Å². The molecular formula is C26H24O7. The molecule has 0 unspecified atom stereocenters. The number of rotatable bonds is 9. The van der Waals surface area contributed by atoms with E-state index in [1.807, 2.05) is 0 Å². The van der Waals surface area contributed by atoms with Crippen LogP contribution in [-0.4, -0.2) is 36.9 Å². The lowest BCUT2D eigenvalue weighted by atomic mass is 9.98. The van der Waals surface area contributed by atoms with Crippen LogP contribution >= 0.6 is 0 Å². The monoisotopic (exact) mass is 448 g/mol. The number of hydrogen-bond donors (Lipinski definition) is 0. The Morgan fingerprint density at radius 3 is 1.76 bits per heavy atom. The molecule has 0 radical (unpaired) electrons. The highest BCUT2D eigenvalue weighted by molar-refractivity contribution is 6.11. The number of benzene rings is 2. The van der Waals surface area contributed by atoms with Gasteiger partial charge in [-0.2, -0.15) is 0 Å². The van der Waals surface area contributed by atoms with E-state index in [9.17, 15) is 19.2 Å². The van der Waals surface area contributed by atoms with E-state index < -0.39 is 17.9 Å². The van der Waals surface area contributed by atoms with Crippen molar-refractivity contribution < 1.29 is 33.4 Å². The minimum atomic E-state index is -0.821. The molecule has 1 aliphatic rings. The number of hydrogen-bond acceptors (Lipinski definition) is 7. The predicted octanol–water partition coefficient (Wildman–Crippen LogP) is 4.20. The first kappa shape index (κ1) is 23.7. The van der Waals surface area contributed by atoms with E-state index in [0.717, 1.165) is 0 Å². The second kappa shape index (κ2) is 11.0. The maximum Gasteiger partial charge on any atom is 0.343 e. The first-order valence-electron chi connectivity index (χ1n) is 10.6. The number of ketones is 1. The molecule has 1 aliphatic carbocycles. The highest BCUT2D eigenvalue weighted by Gasteiger charge is 2.38. The number of Topliss-reactive ketones (excluding diaryl/α,β-unsaturated/α-hetero) is 1. The van der Waals surface area contributed by atoms with Gasteiger partial charge >= 0.3 is 17.9 Å². The number of carbonyl (C=O) groups excluding carboxylic acids is 4. The normalized spacial score (nSPS) is 13.0. The van der Waals surface area contributed by atoms with Crippen LogP contribution in [0.25, 0.3) is 0 Å². The van der Waals surface area contributed by atoms with Crippen LogP contribution < -0.4 is 0 Å². The quantitative estimate of drug-likeness (QED) is 0.322. The molecule has 0 amide bonds. The van der Waals surface area contributed by atoms with E-state index in [2.05, 4.69) is 0 Å². The van der Waals surface area contributed by atoms with Crippen molar-refractivity contribution in [2.24, 2.45) is 0 Å². The van der Waals surface area contributed by atoms with Crippen molar-refractivity contribution in [3.63, 3.8) is 0 Å². The highest BCUT2D eigenvalue weighted by Crippen LogP contribution is 2.37. The van der Waals surface area contributed by atoms with E-state index in [-0.39, 0.29) is 54.3 Å². The van der Waals surface area contributed by atoms with Gasteiger partial charge < -0.3 is 14.2 Å². The summed E-state index contributed by atoms with van der Waals surface area (Å²) in [7, 11) is 0. The zero-order valence-corrected chi connectivity index (χ0v) is 18.5. The Balaban J connectivity index is 2.00. The summed E-state index contributed by atoms with van der Waals surface area (Å²) in [5.41, 5.74) is 0.799. The maximum atomic E-state index is 12.9. The van der Waals surface area contributed by atoms with Gasteiger partial charge in [0.25, 0.3) is 0 Å². The van der Waals surface area contributed by atoms with E-state index in [1.54, 1.807) is 74.5 Å².